The summed E-state index contributed by atoms with van der Waals surface area (Å²) in [6.07, 6.45) is 3.53. The van der Waals surface area contributed by atoms with Gasteiger partial charge in [0.15, 0.2) is 0 Å². The summed E-state index contributed by atoms with van der Waals surface area (Å²) in [5, 5.41) is 11.0. The van der Waals surface area contributed by atoms with Crippen LogP contribution in [0.25, 0.3) is 0 Å². The third kappa shape index (κ3) is 4.39. The van der Waals surface area contributed by atoms with Gasteiger partial charge in [-0.25, -0.2) is 13.2 Å². The fourth-order valence-electron chi connectivity index (χ4n) is 2.91. The molecule has 0 unspecified atom stereocenters. The number of fused-ring (bicyclic) bond motifs is 2. The van der Waals surface area contributed by atoms with Crippen molar-refractivity contribution in [1.82, 2.24) is 20.3 Å². The zero-order chi connectivity index (χ0) is 18.2. The van der Waals surface area contributed by atoms with Crippen molar-refractivity contribution in [3.8, 4) is 0 Å². The Labute approximate surface area is 171 Å². The normalized spacial score (nSPS) is 22.0. The Morgan fingerprint density at radius 3 is 2.62 bits per heavy atom. The number of rotatable bonds is 4. The first-order chi connectivity index (χ1) is 11.8. The fraction of sp³-hybridized carbons (Fsp3) is 0.385. The topological polar surface area (TPSA) is 156 Å². The van der Waals surface area contributed by atoms with Crippen molar-refractivity contribution in [1.29, 1.82) is 5.41 Å². The fourth-order valence-corrected chi connectivity index (χ4v) is 3.29. The van der Waals surface area contributed by atoms with Crippen molar-refractivity contribution >= 4 is 28.2 Å². The molecule has 1 aromatic heterocycles. The van der Waals surface area contributed by atoms with Crippen LogP contribution in [0.3, 0.4) is 0 Å². The van der Waals surface area contributed by atoms with Crippen LogP contribution >= 0.6 is 0 Å². The van der Waals surface area contributed by atoms with Gasteiger partial charge < -0.3 is 14.8 Å². The standard InChI is InChI=1S/C13H15N5O6S.Na/c14-11(16-12(19)8-3-5-15-6-4-8)10-2-1-9-7-17(10)13(20)18(9)24-25(21,22)23;/h3-6,9-10H,1-2,7H2,(H2,14,16,19)(H,21,22,23);/q;+1/p-1/t9-,10+;/m1./s1. The van der Waals surface area contributed by atoms with E-state index in [0.717, 1.165) is 0 Å². The van der Waals surface area contributed by atoms with Gasteiger partial charge >= 0.3 is 35.6 Å². The molecule has 2 fully saturated rings. The summed E-state index contributed by atoms with van der Waals surface area (Å²) < 4.78 is 36.4. The van der Waals surface area contributed by atoms with Crippen molar-refractivity contribution in [3.05, 3.63) is 30.1 Å². The van der Waals surface area contributed by atoms with Crippen LogP contribution in [0, 0.1) is 5.41 Å². The molecule has 2 saturated heterocycles. The van der Waals surface area contributed by atoms with Gasteiger partial charge in [-0.15, -0.1) is 0 Å². The van der Waals surface area contributed by atoms with Gasteiger partial charge in [-0.3, -0.25) is 15.2 Å². The van der Waals surface area contributed by atoms with E-state index >= 15 is 0 Å². The average molecular weight is 391 g/mol. The smallest absolute Gasteiger partial charge is 0.724 e. The molecule has 2 aliphatic rings. The van der Waals surface area contributed by atoms with Crippen LogP contribution in [0.5, 0.6) is 0 Å². The van der Waals surface area contributed by atoms with Gasteiger partial charge in [-0.1, -0.05) is 0 Å². The molecule has 3 rings (SSSR count). The van der Waals surface area contributed by atoms with Crippen LogP contribution in [0.4, 0.5) is 4.79 Å². The molecule has 0 aromatic carbocycles. The van der Waals surface area contributed by atoms with E-state index in [2.05, 4.69) is 14.6 Å². The van der Waals surface area contributed by atoms with Crippen molar-refractivity contribution in [2.24, 2.45) is 0 Å². The molecular formula is C13H14N5NaO6S. The molecule has 11 nitrogen and oxygen atoms in total. The van der Waals surface area contributed by atoms with E-state index < -0.39 is 34.4 Å². The van der Waals surface area contributed by atoms with Crippen LogP contribution in [0.1, 0.15) is 23.2 Å². The molecule has 1 aromatic rings. The van der Waals surface area contributed by atoms with Gasteiger partial charge in [-0.2, -0.15) is 9.35 Å². The van der Waals surface area contributed by atoms with Crippen molar-refractivity contribution in [2.45, 2.75) is 24.9 Å². The SMILES string of the molecule is N=C(NC(=O)c1ccncc1)[C@@H]1CC[C@@H]2CN1C(=O)N2OS(=O)(=O)[O-].[Na+]. The van der Waals surface area contributed by atoms with Crippen LogP contribution in [0.2, 0.25) is 0 Å². The van der Waals surface area contributed by atoms with Crippen LogP contribution in [-0.2, 0) is 14.7 Å². The summed E-state index contributed by atoms with van der Waals surface area (Å²) in [5.74, 6) is -0.711. The molecule has 2 bridgehead atoms. The summed E-state index contributed by atoms with van der Waals surface area (Å²) in [6, 6.07) is 0.813. The van der Waals surface area contributed by atoms with Gasteiger partial charge in [0.25, 0.3) is 5.91 Å². The molecule has 0 saturated carbocycles. The quantitative estimate of drug-likeness (QED) is 0.177. The molecule has 3 heterocycles. The molecule has 0 aliphatic carbocycles. The molecule has 3 amide bonds. The number of hydroxylamine groups is 2. The number of nitrogens with one attached hydrogen (secondary N) is 2. The van der Waals surface area contributed by atoms with E-state index in [1.54, 1.807) is 0 Å². The van der Waals surface area contributed by atoms with E-state index in [0.29, 0.717) is 23.5 Å². The molecule has 2 atom stereocenters. The summed E-state index contributed by atoms with van der Waals surface area (Å²) in [7, 11) is -5.07. The van der Waals surface area contributed by atoms with Gasteiger partial charge in [0.2, 0.25) is 10.4 Å². The number of aromatic nitrogens is 1. The van der Waals surface area contributed by atoms with Crippen molar-refractivity contribution in [3.63, 3.8) is 0 Å². The van der Waals surface area contributed by atoms with E-state index in [9.17, 15) is 22.6 Å². The minimum Gasteiger partial charge on any atom is -0.724 e. The van der Waals surface area contributed by atoms with Crippen LogP contribution < -0.4 is 34.9 Å². The number of hydrogen-bond acceptors (Lipinski definition) is 8. The second-order valence-electron chi connectivity index (χ2n) is 5.59. The van der Waals surface area contributed by atoms with E-state index in [1.165, 1.54) is 29.4 Å². The first kappa shape index (κ1) is 20.7. The Hall–Kier alpha value is -1.57. The number of urea groups is 1. The molecular weight excluding hydrogens is 377 g/mol. The average Bonchev–Trinajstić information content (AvgIpc) is 2.79. The zero-order valence-electron chi connectivity index (χ0n) is 13.8. The second-order valence-corrected chi connectivity index (χ2v) is 6.56. The summed E-state index contributed by atoms with van der Waals surface area (Å²) in [6.45, 7) is 0.104. The number of pyridine rings is 1. The minimum atomic E-state index is -5.07. The molecule has 0 radical (unpaired) electrons. The minimum absolute atomic E-state index is 0. The first-order valence-electron chi connectivity index (χ1n) is 7.31. The maximum atomic E-state index is 12.2. The predicted octanol–water partition coefficient (Wildman–Crippen LogP) is -3.55. The molecule has 134 valence electrons. The van der Waals surface area contributed by atoms with E-state index in [-0.39, 0.29) is 41.9 Å². The Morgan fingerprint density at radius 2 is 2.00 bits per heavy atom. The molecule has 13 heteroatoms. The number of carbonyl (C=O) groups excluding carboxylic acids is 2. The van der Waals surface area contributed by atoms with Gasteiger partial charge in [0.05, 0.1) is 12.1 Å². The zero-order valence-corrected chi connectivity index (χ0v) is 16.6. The van der Waals surface area contributed by atoms with Gasteiger partial charge in [0.1, 0.15) is 5.84 Å². The molecule has 26 heavy (non-hydrogen) atoms. The Balaban J connectivity index is 0.00000243. The van der Waals surface area contributed by atoms with Crippen LogP contribution in [-0.4, -0.2) is 64.3 Å². The van der Waals surface area contributed by atoms with E-state index in [4.69, 9.17) is 5.41 Å². The Kier molecular flexibility index (Phi) is 6.37. The van der Waals surface area contributed by atoms with E-state index in [1.807, 2.05) is 0 Å². The van der Waals surface area contributed by atoms with Crippen molar-refractivity contribution < 1.29 is 56.4 Å². The monoisotopic (exact) mass is 391 g/mol. The van der Waals surface area contributed by atoms with Crippen LogP contribution in [0.15, 0.2) is 24.5 Å². The third-order valence-electron chi connectivity index (χ3n) is 4.02. The number of hydrogen-bond donors (Lipinski definition) is 2. The summed E-state index contributed by atoms with van der Waals surface area (Å²) in [5.41, 5.74) is 0.309. The molecule has 2 N–H and O–H groups in total. The maximum absolute atomic E-state index is 12.2. The summed E-state index contributed by atoms with van der Waals surface area (Å²) in [4.78, 5) is 29.3. The number of amidine groups is 1. The number of piperidine rings is 1. The number of nitrogens with zero attached hydrogens (tertiary/aromatic N) is 3. The second kappa shape index (κ2) is 7.98. The predicted molar refractivity (Wildman–Crippen MR) is 81.0 cm³/mol. The van der Waals surface area contributed by atoms with Gasteiger partial charge in [0, 0.05) is 24.5 Å². The molecule has 2 aliphatic heterocycles. The van der Waals surface area contributed by atoms with Crippen molar-refractivity contribution in [2.75, 3.05) is 6.54 Å². The first-order valence-corrected chi connectivity index (χ1v) is 8.64. The maximum Gasteiger partial charge on any atom is 1.00 e. The largest absolute Gasteiger partial charge is 1.00 e. The third-order valence-corrected chi connectivity index (χ3v) is 4.36. The number of carbonyl (C=O) groups is 2. The molecule has 0 spiro atoms. The number of amides is 3. The summed E-state index contributed by atoms with van der Waals surface area (Å²) >= 11 is 0. The Bertz CT molecular complexity index is 820. The Morgan fingerprint density at radius 1 is 1.35 bits per heavy atom. The van der Waals surface area contributed by atoms with Gasteiger partial charge in [-0.05, 0) is 25.0 Å².